The summed E-state index contributed by atoms with van der Waals surface area (Å²) in [5.74, 6) is 5.36. The maximum atomic E-state index is 10.6. The molecule has 3 heteroatoms. The first kappa shape index (κ1) is 11.0. The molecule has 0 saturated carbocycles. The van der Waals surface area contributed by atoms with E-state index in [0.29, 0.717) is 6.54 Å². The summed E-state index contributed by atoms with van der Waals surface area (Å²) < 4.78 is 0. The van der Waals surface area contributed by atoms with E-state index in [-0.39, 0.29) is 11.8 Å². The quantitative estimate of drug-likeness (QED) is 0.452. The van der Waals surface area contributed by atoms with E-state index in [1.54, 1.807) is 6.92 Å². The van der Waals surface area contributed by atoms with Gasteiger partial charge in [0.05, 0.1) is 0 Å². The smallest absolute Gasteiger partial charge is 0.221 e. The highest BCUT2D eigenvalue weighted by Gasteiger charge is 2.06. The molecule has 1 amide bonds. The summed E-state index contributed by atoms with van der Waals surface area (Å²) in [4.78, 5) is 10.6. The van der Waals surface area contributed by atoms with Gasteiger partial charge in [0.1, 0.15) is 0 Å². The maximum absolute atomic E-state index is 10.6. The number of hydrogen-bond acceptors (Lipinski definition) is 2. The monoisotopic (exact) mass is 168 g/mol. The van der Waals surface area contributed by atoms with Crippen LogP contribution in [0.4, 0.5) is 0 Å². The van der Waals surface area contributed by atoms with Crippen LogP contribution in [0.25, 0.3) is 0 Å². The van der Waals surface area contributed by atoms with Gasteiger partial charge in [-0.25, -0.2) is 0 Å². The van der Waals surface area contributed by atoms with Gasteiger partial charge in [-0.2, -0.15) is 0 Å². The molecule has 68 valence electrons. The highest BCUT2D eigenvalue weighted by Crippen LogP contribution is 1.88. The Labute approximate surface area is 73.7 Å². The van der Waals surface area contributed by atoms with Crippen LogP contribution < -0.4 is 11.1 Å². The van der Waals surface area contributed by atoms with E-state index in [0.717, 1.165) is 13.0 Å². The van der Waals surface area contributed by atoms with Crippen molar-refractivity contribution in [2.24, 2.45) is 11.7 Å². The van der Waals surface area contributed by atoms with Crippen molar-refractivity contribution in [3.63, 3.8) is 0 Å². The molecule has 0 aliphatic carbocycles. The fourth-order valence-corrected chi connectivity index (χ4v) is 0.695. The Kier molecular flexibility index (Phi) is 6.12. The summed E-state index contributed by atoms with van der Waals surface area (Å²) in [5, 5.41) is 3.10. The average molecular weight is 168 g/mol. The largest absolute Gasteiger partial charge is 0.369 e. The van der Waals surface area contributed by atoms with Crippen molar-refractivity contribution >= 4 is 5.91 Å². The first-order valence-corrected chi connectivity index (χ1v) is 4.08. The van der Waals surface area contributed by atoms with Crippen LogP contribution in [-0.2, 0) is 4.79 Å². The molecule has 3 N–H and O–H groups in total. The predicted molar refractivity (Wildman–Crippen MR) is 49.3 cm³/mol. The van der Waals surface area contributed by atoms with E-state index >= 15 is 0 Å². The van der Waals surface area contributed by atoms with Crippen molar-refractivity contribution in [2.45, 2.75) is 20.3 Å². The Morgan fingerprint density at radius 3 is 2.83 bits per heavy atom. The van der Waals surface area contributed by atoms with Crippen LogP contribution in [0.3, 0.4) is 0 Å². The number of rotatable bonds is 5. The van der Waals surface area contributed by atoms with Crippen LogP contribution in [0, 0.1) is 17.8 Å². The summed E-state index contributed by atoms with van der Waals surface area (Å²) in [6, 6.07) is 0. The fraction of sp³-hybridized carbons (Fsp3) is 0.667. The second-order valence-electron chi connectivity index (χ2n) is 2.68. The molecule has 0 saturated heterocycles. The molecule has 0 aromatic heterocycles. The normalized spacial score (nSPS) is 11.5. The SMILES string of the molecule is CC#CCCNCC(C)C(N)=O. The van der Waals surface area contributed by atoms with Crippen molar-refractivity contribution in [1.82, 2.24) is 5.32 Å². The van der Waals surface area contributed by atoms with E-state index in [1.165, 1.54) is 0 Å². The lowest BCUT2D eigenvalue weighted by atomic mass is 10.2. The third kappa shape index (κ3) is 5.75. The van der Waals surface area contributed by atoms with E-state index in [1.807, 2.05) is 6.92 Å². The molecule has 1 unspecified atom stereocenters. The van der Waals surface area contributed by atoms with Crippen LogP contribution in [0.15, 0.2) is 0 Å². The number of primary amides is 1. The number of hydrogen-bond donors (Lipinski definition) is 2. The van der Waals surface area contributed by atoms with Crippen molar-refractivity contribution in [1.29, 1.82) is 0 Å². The van der Waals surface area contributed by atoms with Gasteiger partial charge >= 0.3 is 0 Å². The van der Waals surface area contributed by atoms with Gasteiger partial charge in [0.25, 0.3) is 0 Å². The van der Waals surface area contributed by atoms with Gasteiger partial charge in [-0.1, -0.05) is 6.92 Å². The molecule has 0 bridgehead atoms. The van der Waals surface area contributed by atoms with Crippen LogP contribution in [0.2, 0.25) is 0 Å². The Bertz CT molecular complexity index is 190. The molecule has 0 aliphatic heterocycles. The minimum atomic E-state index is -0.260. The van der Waals surface area contributed by atoms with Crippen molar-refractivity contribution in [2.75, 3.05) is 13.1 Å². The number of carbonyl (C=O) groups is 1. The molecule has 0 aliphatic rings. The Hall–Kier alpha value is -1.01. The van der Waals surface area contributed by atoms with Crippen molar-refractivity contribution in [3.8, 4) is 11.8 Å². The number of nitrogens with one attached hydrogen (secondary N) is 1. The molecule has 0 rings (SSSR count). The van der Waals surface area contributed by atoms with Gasteiger partial charge in [0.2, 0.25) is 5.91 Å². The summed E-state index contributed by atoms with van der Waals surface area (Å²) in [7, 11) is 0. The first-order chi connectivity index (χ1) is 5.68. The van der Waals surface area contributed by atoms with E-state index in [2.05, 4.69) is 17.2 Å². The lowest BCUT2D eigenvalue weighted by molar-refractivity contribution is -0.121. The Morgan fingerprint density at radius 1 is 1.67 bits per heavy atom. The number of carbonyl (C=O) groups excluding carboxylic acids is 1. The van der Waals surface area contributed by atoms with Gasteiger partial charge in [0.15, 0.2) is 0 Å². The fourth-order valence-electron chi connectivity index (χ4n) is 0.695. The number of nitrogens with two attached hydrogens (primary N) is 1. The molecule has 0 aromatic rings. The third-order valence-electron chi connectivity index (χ3n) is 1.54. The lowest BCUT2D eigenvalue weighted by Crippen LogP contribution is -2.31. The predicted octanol–water partition coefficient (Wildman–Crippen LogP) is 0.111. The van der Waals surface area contributed by atoms with Gasteiger partial charge in [-0.05, 0) is 6.92 Å². The Balaban J connectivity index is 3.29. The average Bonchev–Trinajstić information content (AvgIpc) is 2.03. The van der Waals surface area contributed by atoms with Gasteiger partial charge in [-0.3, -0.25) is 4.79 Å². The highest BCUT2D eigenvalue weighted by molar-refractivity contribution is 5.76. The molecule has 0 heterocycles. The number of amides is 1. The second kappa shape index (κ2) is 6.68. The summed E-state index contributed by atoms with van der Waals surface area (Å²) >= 11 is 0. The van der Waals surface area contributed by atoms with Crippen LogP contribution in [0.1, 0.15) is 20.3 Å². The van der Waals surface area contributed by atoms with Gasteiger partial charge in [-0.15, -0.1) is 11.8 Å². The van der Waals surface area contributed by atoms with E-state index < -0.39 is 0 Å². The molecular weight excluding hydrogens is 152 g/mol. The molecule has 0 fully saturated rings. The first-order valence-electron chi connectivity index (χ1n) is 4.08. The second-order valence-corrected chi connectivity index (χ2v) is 2.68. The standard InChI is InChI=1S/C9H16N2O/c1-3-4-5-6-11-7-8(2)9(10)12/h8,11H,5-7H2,1-2H3,(H2,10,12). The summed E-state index contributed by atoms with van der Waals surface area (Å²) in [6.45, 7) is 5.08. The Morgan fingerprint density at radius 2 is 2.33 bits per heavy atom. The molecule has 0 spiro atoms. The van der Waals surface area contributed by atoms with Crippen molar-refractivity contribution in [3.05, 3.63) is 0 Å². The third-order valence-corrected chi connectivity index (χ3v) is 1.54. The zero-order valence-corrected chi connectivity index (χ0v) is 7.68. The van der Waals surface area contributed by atoms with Crippen LogP contribution >= 0.6 is 0 Å². The minimum Gasteiger partial charge on any atom is -0.369 e. The zero-order valence-electron chi connectivity index (χ0n) is 7.68. The highest BCUT2D eigenvalue weighted by atomic mass is 16.1. The summed E-state index contributed by atoms with van der Waals surface area (Å²) in [5.41, 5.74) is 5.07. The minimum absolute atomic E-state index is 0.0976. The molecule has 1 atom stereocenters. The molecule has 12 heavy (non-hydrogen) atoms. The molecule has 3 nitrogen and oxygen atoms in total. The molecular formula is C9H16N2O. The van der Waals surface area contributed by atoms with Gasteiger partial charge < -0.3 is 11.1 Å². The molecule has 0 radical (unpaired) electrons. The van der Waals surface area contributed by atoms with Crippen molar-refractivity contribution < 1.29 is 4.79 Å². The zero-order chi connectivity index (χ0) is 9.40. The van der Waals surface area contributed by atoms with Crippen LogP contribution in [-0.4, -0.2) is 19.0 Å². The van der Waals surface area contributed by atoms with E-state index in [9.17, 15) is 4.79 Å². The molecule has 0 aromatic carbocycles. The topological polar surface area (TPSA) is 55.1 Å². The van der Waals surface area contributed by atoms with Crippen LogP contribution in [0.5, 0.6) is 0 Å². The summed E-state index contributed by atoms with van der Waals surface area (Å²) in [6.07, 6.45) is 0.821. The van der Waals surface area contributed by atoms with E-state index in [4.69, 9.17) is 5.73 Å². The maximum Gasteiger partial charge on any atom is 0.221 e. The van der Waals surface area contributed by atoms with Gasteiger partial charge in [0, 0.05) is 25.4 Å². The lowest BCUT2D eigenvalue weighted by Gasteiger charge is -2.06.